The normalized spacial score (nSPS) is 11.4. The van der Waals surface area contributed by atoms with Gasteiger partial charge in [0, 0.05) is 17.1 Å². The van der Waals surface area contributed by atoms with Gasteiger partial charge in [0.05, 0.1) is 5.52 Å². The summed E-state index contributed by atoms with van der Waals surface area (Å²) in [6.07, 6.45) is -4.71. The third kappa shape index (κ3) is 3.46. The number of fused-ring (bicyclic) bond motifs is 1. The highest BCUT2D eigenvalue weighted by Gasteiger charge is 2.31. The van der Waals surface area contributed by atoms with Crippen LogP contribution in [0.25, 0.3) is 10.9 Å². The second kappa shape index (κ2) is 5.55. The summed E-state index contributed by atoms with van der Waals surface area (Å²) in [5, 5.41) is 3.95. The van der Waals surface area contributed by atoms with Crippen LogP contribution >= 0.6 is 0 Å². The Hall–Kier alpha value is -2.76. The monoisotopic (exact) mass is 304 g/mol. The van der Waals surface area contributed by atoms with Crippen LogP contribution in [-0.2, 0) is 0 Å². The highest BCUT2D eigenvalue weighted by atomic mass is 19.4. The van der Waals surface area contributed by atoms with Gasteiger partial charge in [-0.3, -0.25) is 0 Å². The minimum atomic E-state index is -4.71. The summed E-state index contributed by atoms with van der Waals surface area (Å²) in [6, 6.07) is 16.9. The molecule has 112 valence electrons. The lowest BCUT2D eigenvalue weighted by Gasteiger charge is -2.11. The molecule has 2 aromatic carbocycles. The van der Waals surface area contributed by atoms with Crippen LogP contribution in [0.15, 0.2) is 60.7 Å². The number of rotatable bonds is 3. The van der Waals surface area contributed by atoms with Crippen LogP contribution in [0, 0.1) is 0 Å². The summed E-state index contributed by atoms with van der Waals surface area (Å²) in [5.74, 6) is 0.265. The molecule has 0 aliphatic heterocycles. The van der Waals surface area contributed by atoms with E-state index in [1.807, 2.05) is 30.3 Å². The maximum absolute atomic E-state index is 12.2. The molecule has 0 atom stereocenters. The molecule has 6 heteroatoms. The summed E-state index contributed by atoms with van der Waals surface area (Å²) in [4.78, 5) is 4.40. The Balaban J connectivity index is 1.83. The molecule has 3 aromatic rings. The molecule has 0 amide bonds. The fourth-order valence-electron chi connectivity index (χ4n) is 2.05. The van der Waals surface area contributed by atoms with Crippen molar-refractivity contribution in [2.24, 2.45) is 0 Å². The number of benzene rings is 2. The Morgan fingerprint density at radius 3 is 2.55 bits per heavy atom. The van der Waals surface area contributed by atoms with Crippen molar-refractivity contribution in [3.8, 4) is 5.75 Å². The lowest BCUT2D eigenvalue weighted by molar-refractivity contribution is -0.274. The zero-order chi connectivity index (χ0) is 15.6. The van der Waals surface area contributed by atoms with E-state index in [9.17, 15) is 13.2 Å². The summed E-state index contributed by atoms with van der Waals surface area (Å²) in [5.41, 5.74) is 1.26. The maximum atomic E-state index is 12.2. The van der Waals surface area contributed by atoms with Crippen molar-refractivity contribution in [3.63, 3.8) is 0 Å². The largest absolute Gasteiger partial charge is 0.573 e. The maximum Gasteiger partial charge on any atom is 0.573 e. The highest BCUT2D eigenvalue weighted by Crippen LogP contribution is 2.26. The molecule has 0 unspecified atom stereocenters. The summed E-state index contributed by atoms with van der Waals surface area (Å²) in [6.45, 7) is 0. The SMILES string of the molecule is FC(F)(F)Oc1cccc(Nc2ccc3ccccc3n2)c1. The van der Waals surface area contributed by atoms with E-state index >= 15 is 0 Å². The number of anilines is 2. The summed E-state index contributed by atoms with van der Waals surface area (Å²) < 4.78 is 40.5. The van der Waals surface area contributed by atoms with Gasteiger partial charge < -0.3 is 10.1 Å². The fourth-order valence-corrected chi connectivity index (χ4v) is 2.05. The zero-order valence-corrected chi connectivity index (χ0v) is 11.3. The molecule has 3 nitrogen and oxygen atoms in total. The lowest BCUT2D eigenvalue weighted by atomic mass is 10.2. The number of pyridine rings is 1. The molecule has 0 aliphatic rings. The number of halogens is 3. The van der Waals surface area contributed by atoms with Gasteiger partial charge in [0.15, 0.2) is 0 Å². The fraction of sp³-hybridized carbons (Fsp3) is 0.0625. The molecular formula is C16H11F3N2O. The van der Waals surface area contributed by atoms with Crippen LogP contribution in [0.1, 0.15) is 0 Å². The van der Waals surface area contributed by atoms with Crippen molar-refractivity contribution in [3.05, 3.63) is 60.7 Å². The Morgan fingerprint density at radius 1 is 0.909 bits per heavy atom. The topological polar surface area (TPSA) is 34.1 Å². The molecule has 0 bridgehead atoms. The molecule has 0 aliphatic carbocycles. The molecule has 22 heavy (non-hydrogen) atoms. The number of ether oxygens (including phenoxy) is 1. The van der Waals surface area contributed by atoms with E-state index in [0.717, 1.165) is 10.9 Å². The predicted molar refractivity (Wildman–Crippen MR) is 78.2 cm³/mol. The van der Waals surface area contributed by atoms with Gasteiger partial charge in [0.2, 0.25) is 0 Å². The first kappa shape index (κ1) is 14.2. The Labute approximate surface area is 124 Å². The van der Waals surface area contributed by atoms with E-state index in [-0.39, 0.29) is 5.75 Å². The number of para-hydroxylation sites is 1. The first-order chi connectivity index (χ1) is 10.5. The van der Waals surface area contributed by atoms with E-state index in [0.29, 0.717) is 11.5 Å². The smallest absolute Gasteiger partial charge is 0.406 e. The lowest BCUT2D eigenvalue weighted by Crippen LogP contribution is -2.17. The van der Waals surface area contributed by atoms with Gasteiger partial charge in [0.1, 0.15) is 11.6 Å². The van der Waals surface area contributed by atoms with Gasteiger partial charge in [-0.05, 0) is 30.3 Å². The van der Waals surface area contributed by atoms with Crippen LogP contribution in [0.3, 0.4) is 0 Å². The van der Waals surface area contributed by atoms with Gasteiger partial charge >= 0.3 is 6.36 Å². The van der Waals surface area contributed by atoms with E-state index in [4.69, 9.17) is 0 Å². The molecule has 0 saturated heterocycles. The van der Waals surface area contributed by atoms with Crippen molar-refractivity contribution in [1.29, 1.82) is 0 Å². The Morgan fingerprint density at radius 2 is 1.73 bits per heavy atom. The predicted octanol–water partition coefficient (Wildman–Crippen LogP) is 4.88. The number of hydrogen-bond donors (Lipinski definition) is 1. The molecular weight excluding hydrogens is 293 g/mol. The van der Waals surface area contributed by atoms with Crippen molar-refractivity contribution >= 4 is 22.4 Å². The zero-order valence-electron chi connectivity index (χ0n) is 11.3. The van der Waals surface area contributed by atoms with Gasteiger partial charge in [-0.25, -0.2) is 4.98 Å². The van der Waals surface area contributed by atoms with Gasteiger partial charge in [-0.1, -0.05) is 24.3 Å². The van der Waals surface area contributed by atoms with E-state index < -0.39 is 6.36 Å². The first-order valence-corrected chi connectivity index (χ1v) is 6.48. The van der Waals surface area contributed by atoms with E-state index in [1.54, 1.807) is 12.1 Å². The molecule has 1 N–H and O–H groups in total. The number of nitrogens with one attached hydrogen (secondary N) is 1. The minimum absolute atomic E-state index is 0.279. The Bertz CT molecular complexity index is 802. The second-order valence-corrected chi connectivity index (χ2v) is 4.59. The average Bonchev–Trinajstić information content (AvgIpc) is 2.46. The first-order valence-electron chi connectivity index (χ1n) is 6.48. The Kier molecular flexibility index (Phi) is 3.58. The van der Waals surface area contributed by atoms with Crippen LogP contribution in [-0.4, -0.2) is 11.3 Å². The summed E-state index contributed by atoms with van der Waals surface area (Å²) >= 11 is 0. The van der Waals surface area contributed by atoms with Crippen LogP contribution < -0.4 is 10.1 Å². The molecule has 0 fully saturated rings. The quantitative estimate of drug-likeness (QED) is 0.749. The van der Waals surface area contributed by atoms with Crippen molar-refractivity contribution < 1.29 is 17.9 Å². The molecule has 3 rings (SSSR count). The van der Waals surface area contributed by atoms with Crippen LogP contribution in [0.4, 0.5) is 24.7 Å². The average molecular weight is 304 g/mol. The van der Waals surface area contributed by atoms with Crippen molar-refractivity contribution in [1.82, 2.24) is 4.98 Å². The molecule has 1 aromatic heterocycles. The van der Waals surface area contributed by atoms with Crippen LogP contribution in [0.5, 0.6) is 5.75 Å². The highest BCUT2D eigenvalue weighted by molar-refractivity contribution is 5.80. The van der Waals surface area contributed by atoms with Gasteiger partial charge in [0.25, 0.3) is 0 Å². The standard InChI is InChI=1S/C16H11F3N2O/c17-16(18,19)22-13-6-3-5-12(10-13)20-15-9-8-11-4-1-2-7-14(11)21-15/h1-10H,(H,20,21). The van der Waals surface area contributed by atoms with E-state index in [2.05, 4.69) is 15.0 Å². The number of nitrogens with zero attached hydrogens (tertiary/aromatic N) is 1. The van der Waals surface area contributed by atoms with Crippen molar-refractivity contribution in [2.45, 2.75) is 6.36 Å². The third-order valence-electron chi connectivity index (χ3n) is 2.94. The van der Waals surface area contributed by atoms with E-state index in [1.165, 1.54) is 18.2 Å². The summed E-state index contributed by atoms with van der Waals surface area (Å²) in [7, 11) is 0. The van der Waals surface area contributed by atoms with Crippen LogP contribution in [0.2, 0.25) is 0 Å². The molecule has 0 spiro atoms. The number of hydrogen-bond acceptors (Lipinski definition) is 3. The van der Waals surface area contributed by atoms with Gasteiger partial charge in [-0.2, -0.15) is 0 Å². The van der Waals surface area contributed by atoms with Crippen molar-refractivity contribution in [2.75, 3.05) is 5.32 Å². The minimum Gasteiger partial charge on any atom is -0.406 e. The molecule has 0 radical (unpaired) electrons. The third-order valence-corrected chi connectivity index (χ3v) is 2.94. The number of alkyl halides is 3. The number of aromatic nitrogens is 1. The molecule has 0 saturated carbocycles. The molecule has 1 heterocycles. The second-order valence-electron chi connectivity index (χ2n) is 4.59. The van der Waals surface area contributed by atoms with Gasteiger partial charge in [-0.15, -0.1) is 13.2 Å².